The second-order valence-electron chi connectivity index (χ2n) is 5.78. The highest BCUT2D eigenvalue weighted by Crippen LogP contribution is 2.29. The fourth-order valence-corrected chi connectivity index (χ4v) is 2.78. The topological polar surface area (TPSA) is 46.3 Å². The number of rotatable bonds is 4. The van der Waals surface area contributed by atoms with Crippen LogP contribution in [-0.2, 0) is 4.79 Å². The molecule has 0 bridgehead atoms. The summed E-state index contributed by atoms with van der Waals surface area (Å²) in [6.45, 7) is 6.50. The Hall–Kier alpha value is -0.570. The van der Waals surface area contributed by atoms with Crippen molar-refractivity contribution in [3.05, 3.63) is 0 Å². The largest absolute Gasteiger partial charge is 0.343 e. The highest BCUT2D eigenvalue weighted by Gasteiger charge is 2.34. The van der Waals surface area contributed by atoms with E-state index >= 15 is 0 Å². The lowest BCUT2D eigenvalue weighted by Gasteiger charge is -2.36. The predicted octanol–water partition coefficient (Wildman–Crippen LogP) is 2.40. The van der Waals surface area contributed by atoms with Gasteiger partial charge < -0.3 is 10.6 Å². The lowest BCUT2D eigenvalue weighted by atomic mass is 9.78. The fourth-order valence-electron chi connectivity index (χ4n) is 2.78. The molecule has 0 radical (unpaired) electrons. The first-order valence-corrected chi connectivity index (χ1v) is 6.99. The zero-order valence-electron chi connectivity index (χ0n) is 11.8. The highest BCUT2D eigenvalue weighted by atomic mass is 16.2. The molecule has 2 N–H and O–H groups in total. The molecule has 0 heterocycles. The molecule has 1 aliphatic rings. The molecule has 1 aliphatic carbocycles. The molecule has 0 saturated heterocycles. The van der Waals surface area contributed by atoms with Crippen LogP contribution < -0.4 is 5.73 Å². The number of hydrogen-bond acceptors (Lipinski definition) is 2. The van der Waals surface area contributed by atoms with E-state index in [2.05, 4.69) is 20.8 Å². The van der Waals surface area contributed by atoms with E-state index in [-0.39, 0.29) is 17.9 Å². The molecule has 1 saturated carbocycles. The molecule has 0 aromatic rings. The Kier molecular flexibility index (Phi) is 5.44. The van der Waals surface area contributed by atoms with E-state index < -0.39 is 0 Å². The lowest BCUT2D eigenvalue weighted by Crippen LogP contribution is -2.48. The summed E-state index contributed by atoms with van der Waals surface area (Å²) in [4.78, 5) is 14.3. The first-order chi connectivity index (χ1) is 7.97. The van der Waals surface area contributed by atoms with Crippen molar-refractivity contribution in [2.75, 3.05) is 7.05 Å². The maximum Gasteiger partial charge on any atom is 0.227 e. The van der Waals surface area contributed by atoms with Crippen molar-refractivity contribution in [2.24, 2.45) is 17.6 Å². The zero-order valence-corrected chi connectivity index (χ0v) is 11.8. The summed E-state index contributed by atoms with van der Waals surface area (Å²) in [5, 5.41) is 0. The summed E-state index contributed by atoms with van der Waals surface area (Å²) in [7, 11) is 1.93. The Morgan fingerprint density at radius 3 is 2.71 bits per heavy atom. The van der Waals surface area contributed by atoms with Crippen LogP contribution in [0.15, 0.2) is 0 Å². The first-order valence-electron chi connectivity index (χ1n) is 6.99. The molecule has 0 aliphatic heterocycles. The monoisotopic (exact) mass is 240 g/mol. The molecule has 100 valence electrons. The summed E-state index contributed by atoms with van der Waals surface area (Å²) in [5.74, 6) is 0.937. The zero-order chi connectivity index (χ0) is 13.0. The standard InChI is InChI=1S/C14H28N2O/c1-5-6-11(3)16(4)14(17)12-9-10(2)7-8-13(12)15/h10-13H,5-9,15H2,1-4H3. The molecule has 3 nitrogen and oxygen atoms in total. The van der Waals surface area contributed by atoms with E-state index in [1.165, 1.54) is 6.42 Å². The molecule has 1 fully saturated rings. The van der Waals surface area contributed by atoms with Crippen LogP contribution in [-0.4, -0.2) is 29.9 Å². The average molecular weight is 240 g/mol. The van der Waals surface area contributed by atoms with Gasteiger partial charge in [0.25, 0.3) is 0 Å². The van der Waals surface area contributed by atoms with Gasteiger partial charge in [0.2, 0.25) is 5.91 Å². The van der Waals surface area contributed by atoms with E-state index in [4.69, 9.17) is 5.73 Å². The minimum Gasteiger partial charge on any atom is -0.343 e. The lowest BCUT2D eigenvalue weighted by molar-refractivity contribution is -0.138. The Morgan fingerprint density at radius 1 is 1.47 bits per heavy atom. The van der Waals surface area contributed by atoms with Gasteiger partial charge in [0.05, 0.1) is 5.92 Å². The summed E-state index contributed by atoms with van der Waals surface area (Å²) in [5.41, 5.74) is 6.11. The number of hydrogen-bond donors (Lipinski definition) is 1. The Morgan fingerprint density at radius 2 is 2.12 bits per heavy atom. The van der Waals surface area contributed by atoms with Crippen LogP contribution in [0.4, 0.5) is 0 Å². The molecular formula is C14H28N2O. The molecule has 4 atom stereocenters. The minimum absolute atomic E-state index is 0.0445. The third kappa shape index (κ3) is 3.70. The first kappa shape index (κ1) is 14.5. The van der Waals surface area contributed by atoms with Gasteiger partial charge in [0.15, 0.2) is 0 Å². The van der Waals surface area contributed by atoms with E-state index in [1.54, 1.807) is 0 Å². The number of amides is 1. The molecule has 0 spiro atoms. The van der Waals surface area contributed by atoms with Crippen LogP contribution in [0.3, 0.4) is 0 Å². The van der Waals surface area contributed by atoms with Crippen LogP contribution in [0.25, 0.3) is 0 Å². The van der Waals surface area contributed by atoms with Crippen molar-refractivity contribution in [2.45, 2.75) is 65.0 Å². The molecule has 17 heavy (non-hydrogen) atoms. The van der Waals surface area contributed by atoms with Crippen molar-refractivity contribution in [3.8, 4) is 0 Å². The van der Waals surface area contributed by atoms with Crippen molar-refractivity contribution in [1.82, 2.24) is 4.90 Å². The smallest absolute Gasteiger partial charge is 0.227 e. The van der Waals surface area contributed by atoms with E-state index in [1.807, 2.05) is 11.9 Å². The van der Waals surface area contributed by atoms with Crippen LogP contribution in [0.5, 0.6) is 0 Å². The molecule has 1 rings (SSSR count). The summed E-state index contributed by atoms with van der Waals surface area (Å²) in [6.07, 6.45) is 5.31. The van der Waals surface area contributed by atoms with Crippen molar-refractivity contribution in [3.63, 3.8) is 0 Å². The van der Waals surface area contributed by atoms with E-state index in [9.17, 15) is 4.79 Å². The van der Waals surface area contributed by atoms with Gasteiger partial charge in [-0.05, 0) is 38.5 Å². The molecule has 1 amide bonds. The van der Waals surface area contributed by atoms with E-state index in [0.29, 0.717) is 12.0 Å². The SMILES string of the molecule is CCCC(C)N(C)C(=O)C1CC(C)CCC1N. The van der Waals surface area contributed by atoms with Crippen LogP contribution in [0.2, 0.25) is 0 Å². The fraction of sp³-hybridized carbons (Fsp3) is 0.929. The second-order valence-corrected chi connectivity index (χ2v) is 5.78. The van der Waals surface area contributed by atoms with Gasteiger partial charge in [-0.15, -0.1) is 0 Å². The van der Waals surface area contributed by atoms with Gasteiger partial charge in [-0.25, -0.2) is 0 Å². The highest BCUT2D eigenvalue weighted by molar-refractivity contribution is 5.79. The summed E-state index contributed by atoms with van der Waals surface area (Å²) in [6, 6.07) is 0.395. The third-order valence-electron chi connectivity index (χ3n) is 4.20. The van der Waals surface area contributed by atoms with Gasteiger partial charge in [-0.2, -0.15) is 0 Å². The van der Waals surface area contributed by atoms with Gasteiger partial charge in [0.1, 0.15) is 0 Å². The third-order valence-corrected chi connectivity index (χ3v) is 4.20. The Labute approximate surface area is 106 Å². The normalized spacial score (nSPS) is 31.0. The van der Waals surface area contributed by atoms with Gasteiger partial charge in [0, 0.05) is 19.1 Å². The van der Waals surface area contributed by atoms with Crippen LogP contribution >= 0.6 is 0 Å². The average Bonchev–Trinajstić information content (AvgIpc) is 2.30. The molecule has 4 unspecified atom stereocenters. The van der Waals surface area contributed by atoms with Gasteiger partial charge in [-0.3, -0.25) is 4.79 Å². The number of carbonyl (C=O) groups is 1. The predicted molar refractivity (Wildman–Crippen MR) is 71.6 cm³/mol. The molecule has 0 aromatic carbocycles. The van der Waals surface area contributed by atoms with Gasteiger partial charge in [-0.1, -0.05) is 20.3 Å². The number of carbonyl (C=O) groups excluding carboxylic acids is 1. The molecular weight excluding hydrogens is 212 g/mol. The van der Waals surface area contributed by atoms with Crippen molar-refractivity contribution in [1.29, 1.82) is 0 Å². The maximum atomic E-state index is 12.4. The maximum absolute atomic E-state index is 12.4. The van der Waals surface area contributed by atoms with Crippen molar-refractivity contribution < 1.29 is 4.79 Å². The number of nitrogens with zero attached hydrogens (tertiary/aromatic N) is 1. The molecule has 0 aromatic heterocycles. The Balaban J connectivity index is 2.60. The Bertz CT molecular complexity index is 255. The summed E-state index contributed by atoms with van der Waals surface area (Å²) < 4.78 is 0. The van der Waals surface area contributed by atoms with E-state index in [0.717, 1.165) is 25.7 Å². The number of nitrogens with two attached hydrogens (primary N) is 1. The summed E-state index contributed by atoms with van der Waals surface area (Å²) >= 11 is 0. The van der Waals surface area contributed by atoms with Crippen LogP contribution in [0.1, 0.15) is 52.9 Å². The van der Waals surface area contributed by atoms with Crippen LogP contribution in [0, 0.1) is 11.8 Å². The van der Waals surface area contributed by atoms with Gasteiger partial charge >= 0.3 is 0 Å². The quantitative estimate of drug-likeness (QED) is 0.820. The minimum atomic E-state index is 0.0445. The second kappa shape index (κ2) is 6.39. The molecule has 3 heteroatoms. The van der Waals surface area contributed by atoms with Crippen molar-refractivity contribution >= 4 is 5.91 Å².